The maximum atomic E-state index is 12.6. The molecule has 2 aromatic carbocycles. The average Bonchev–Trinajstić information content (AvgIpc) is 3.25. The molecule has 1 heterocycles. The molecular formula is C27H20O6S. The third-order valence-corrected chi connectivity index (χ3v) is 6.89. The number of esters is 1. The number of hydrogen-bond acceptors (Lipinski definition) is 7. The zero-order chi connectivity index (χ0) is 23.7. The number of ether oxygens (including phenoxy) is 3. The van der Waals surface area contributed by atoms with Gasteiger partial charge >= 0.3 is 5.97 Å². The molecule has 0 saturated carbocycles. The van der Waals surface area contributed by atoms with Crippen molar-refractivity contribution in [3.8, 4) is 5.75 Å². The second kappa shape index (κ2) is 8.85. The molecule has 0 amide bonds. The van der Waals surface area contributed by atoms with Gasteiger partial charge in [0.2, 0.25) is 0 Å². The quantitative estimate of drug-likeness (QED) is 0.250. The van der Waals surface area contributed by atoms with Crippen LogP contribution in [-0.4, -0.2) is 37.0 Å². The number of carbonyl (C=O) groups excluding carboxylic acids is 3. The fraction of sp³-hybridized carbons (Fsp3) is 0.148. The molecule has 5 rings (SSSR count). The van der Waals surface area contributed by atoms with E-state index >= 15 is 0 Å². The molecule has 1 aromatic heterocycles. The predicted octanol–water partition coefficient (Wildman–Crippen LogP) is 4.90. The topological polar surface area (TPSA) is 78.9 Å². The molecule has 2 aliphatic rings. The monoisotopic (exact) mass is 472 g/mol. The van der Waals surface area contributed by atoms with Crippen LogP contribution in [0.15, 0.2) is 84.0 Å². The number of allylic oxidation sites excluding steroid dienone is 2. The van der Waals surface area contributed by atoms with Gasteiger partial charge in [-0.05, 0) is 41.8 Å². The molecule has 0 fully saturated rings. The molecule has 2 unspecified atom stereocenters. The van der Waals surface area contributed by atoms with Gasteiger partial charge in [0.15, 0.2) is 28.8 Å². The van der Waals surface area contributed by atoms with Gasteiger partial charge in [-0.2, -0.15) is 0 Å². The summed E-state index contributed by atoms with van der Waals surface area (Å²) in [5.74, 6) is -0.350. The first-order valence-corrected chi connectivity index (χ1v) is 11.6. The normalized spacial score (nSPS) is 19.3. The Kier molecular flexibility index (Phi) is 5.73. The van der Waals surface area contributed by atoms with Crippen molar-refractivity contribution in [2.75, 3.05) is 6.61 Å². The van der Waals surface area contributed by atoms with E-state index in [1.807, 2.05) is 60.7 Å². The van der Waals surface area contributed by atoms with E-state index in [9.17, 15) is 14.4 Å². The molecule has 7 heteroatoms. The number of fused-ring (bicyclic) bond motifs is 3. The zero-order valence-corrected chi connectivity index (χ0v) is 19.0. The van der Waals surface area contributed by atoms with E-state index in [0.29, 0.717) is 29.1 Å². The third kappa shape index (κ3) is 3.50. The minimum atomic E-state index is -1.43. The SMILES string of the molecule is CCOC(=O)c1sc2ccccc2c1OC(C=O)OC1(C=O)c2ccc(-c3ccccc3)c1c2. The first kappa shape index (κ1) is 22.0. The Labute approximate surface area is 199 Å². The molecule has 2 bridgehead atoms. The summed E-state index contributed by atoms with van der Waals surface area (Å²) in [6.07, 6.45) is 5.32. The number of benzene rings is 2. The average molecular weight is 473 g/mol. The maximum Gasteiger partial charge on any atom is 0.352 e. The molecule has 0 aliphatic heterocycles. The van der Waals surface area contributed by atoms with Crippen molar-refractivity contribution in [1.29, 1.82) is 0 Å². The van der Waals surface area contributed by atoms with E-state index in [-0.39, 0.29) is 17.2 Å². The molecule has 170 valence electrons. The van der Waals surface area contributed by atoms with Gasteiger partial charge in [-0.1, -0.05) is 54.6 Å². The van der Waals surface area contributed by atoms with Crippen LogP contribution >= 0.6 is 11.3 Å². The van der Waals surface area contributed by atoms with Crippen LogP contribution in [0.3, 0.4) is 0 Å². The standard InChI is InChI=1S/C27H20O6S/c1-2-31-26(30)25-24(20-10-6-7-11-22(20)34-25)32-23(15-28)33-27(16-29)18-12-13-19(21(27)14-18)17-8-4-3-5-9-17/h3-16,23H,2H2,1H3. The second-order valence-corrected chi connectivity index (χ2v) is 8.75. The summed E-state index contributed by atoms with van der Waals surface area (Å²) in [5, 5.41) is 0.656. The van der Waals surface area contributed by atoms with Crippen molar-refractivity contribution < 1.29 is 28.6 Å². The molecule has 0 saturated heterocycles. The Bertz CT molecular complexity index is 1380. The summed E-state index contributed by atoms with van der Waals surface area (Å²) in [6, 6.07) is 16.9. The number of thiophene rings is 1. The summed E-state index contributed by atoms with van der Waals surface area (Å²) in [5.41, 5.74) is 1.62. The van der Waals surface area contributed by atoms with E-state index in [2.05, 4.69) is 0 Å². The van der Waals surface area contributed by atoms with Crippen molar-refractivity contribution in [3.63, 3.8) is 0 Å². The van der Waals surface area contributed by atoms with Crippen molar-refractivity contribution in [2.24, 2.45) is 0 Å². The van der Waals surface area contributed by atoms with Gasteiger partial charge < -0.3 is 14.2 Å². The highest BCUT2D eigenvalue weighted by Gasteiger charge is 2.51. The van der Waals surface area contributed by atoms with Gasteiger partial charge in [-0.25, -0.2) is 4.79 Å². The Balaban J connectivity index is 1.47. The number of rotatable bonds is 9. The first-order valence-electron chi connectivity index (χ1n) is 10.8. The molecule has 2 atom stereocenters. The summed E-state index contributed by atoms with van der Waals surface area (Å²) < 4.78 is 17.9. The van der Waals surface area contributed by atoms with Gasteiger partial charge in [-0.15, -0.1) is 11.3 Å². The van der Waals surface area contributed by atoms with Gasteiger partial charge in [0, 0.05) is 15.7 Å². The van der Waals surface area contributed by atoms with Crippen LogP contribution in [-0.2, 0) is 19.1 Å². The summed E-state index contributed by atoms with van der Waals surface area (Å²) in [7, 11) is 0. The van der Waals surface area contributed by atoms with Crippen molar-refractivity contribution in [3.05, 3.63) is 94.4 Å². The van der Waals surface area contributed by atoms with Crippen LogP contribution in [0.5, 0.6) is 5.75 Å². The van der Waals surface area contributed by atoms with Crippen LogP contribution in [0, 0.1) is 0 Å². The first-order chi connectivity index (χ1) is 16.6. The van der Waals surface area contributed by atoms with Gasteiger partial charge in [0.25, 0.3) is 6.29 Å². The Hall–Kier alpha value is -3.81. The van der Waals surface area contributed by atoms with Crippen LogP contribution in [0.1, 0.15) is 22.2 Å². The van der Waals surface area contributed by atoms with Crippen LogP contribution < -0.4 is 4.74 Å². The van der Waals surface area contributed by atoms with Crippen LogP contribution in [0.2, 0.25) is 0 Å². The van der Waals surface area contributed by atoms with Gasteiger partial charge in [0.1, 0.15) is 0 Å². The van der Waals surface area contributed by atoms with Crippen LogP contribution in [0.25, 0.3) is 15.7 Å². The third-order valence-electron chi connectivity index (χ3n) is 5.76. The number of carbonyl (C=O) groups is 3. The maximum absolute atomic E-state index is 12.6. The van der Waals surface area contributed by atoms with E-state index in [0.717, 1.165) is 15.8 Å². The highest BCUT2D eigenvalue weighted by molar-refractivity contribution is 7.21. The fourth-order valence-corrected chi connectivity index (χ4v) is 5.20. The lowest BCUT2D eigenvalue weighted by Crippen LogP contribution is -2.50. The second-order valence-electron chi connectivity index (χ2n) is 7.70. The smallest absolute Gasteiger partial charge is 0.352 e. The molecular weight excluding hydrogens is 452 g/mol. The van der Waals surface area contributed by atoms with E-state index < -0.39 is 17.9 Å². The molecule has 0 radical (unpaired) electrons. The highest BCUT2D eigenvalue weighted by Crippen LogP contribution is 2.50. The zero-order valence-electron chi connectivity index (χ0n) is 18.2. The van der Waals surface area contributed by atoms with E-state index in [1.165, 1.54) is 11.3 Å². The van der Waals surface area contributed by atoms with Gasteiger partial charge in [0.05, 0.1) is 6.61 Å². The van der Waals surface area contributed by atoms with Crippen LogP contribution in [0.4, 0.5) is 0 Å². The highest BCUT2D eigenvalue weighted by atomic mass is 32.1. The molecule has 34 heavy (non-hydrogen) atoms. The largest absolute Gasteiger partial charge is 0.462 e. The number of aldehydes is 2. The minimum Gasteiger partial charge on any atom is -0.462 e. The Morgan fingerprint density at radius 1 is 1.06 bits per heavy atom. The molecule has 0 spiro atoms. The lowest BCUT2D eigenvalue weighted by atomic mass is 9.67. The Morgan fingerprint density at radius 3 is 2.53 bits per heavy atom. The number of hydrogen-bond donors (Lipinski definition) is 0. The molecule has 6 nitrogen and oxygen atoms in total. The van der Waals surface area contributed by atoms with E-state index in [4.69, 9.17) is 14.2 Å². The summed E-state index contributed by atoms with van der Waals surface area (Å²) in [6.45, 7) is 1.91. The molecule has 3 aromatic rings. The lowest BCUT2D eigenvalue weighted by Gasteiger charge is -2.43. The Morgan fingerprint density at radius 2 is 1.82 bits per heavy atom. The van der Waals surface area contributed by atoms with Crippen molar-refractivity contribution in [2.45, 2.75) is 18.8 Å². The lowest BCUT2D eigenvalue weighted by molar-refractivity contribution is -0.161. The van der Waals surface area contributed by atoms with E-state index in [1.54, 1.807) is 19.1 Å². The minimum absolute atomic E-state index is 0.198. The summed E-state index contributed by atoms with van der Waals surface area (Å²) >= 11 is 1.21. The van der Waals surface area contributed by atoms with Crippen molar-refractivity contribution >= 4 is 45.5 Å². The summed E-state index contributed by atoms with van der Waals surface area (Å²) in [4.78, 5) is 37.2. The molecule has 0 N–H and O–H groups in total. The van der Waals surface area contributed by atoms with Crippen molar-refractivity contribution in [1.82, 2.24) is 0 Å². The van der Waals surface area contributed by atoms with Gasteiger partial charge in [-0.3, -0.25) is 9.59 Å². The predicted molar refractivity (Wildman–Crippen MR) is 129 cm³/mol. The molecule has 2 aliphatic carbocycles. The fourth-order valence-electron chi connectivity index (χ4n) is 4.17.